The number of methoxy groups -OCH3 is 1. The molecule has 0 radical (unpaired) electrons. The fourth-order valence-corrected chi connectivity index (χ4v) is 1.59. The zero-order valence-corrected chi connectivity index (χ0v) is 11.7. The van der Waals surface area contributed by atoms with Crippen LogP contribution in [0, 0.1) is 0 Å². The maximum absolute atomic E-state index is 11.7. The molecule has 1 rings (SSSR count). The van der Waals surface area contributed by atoms with Crippen LogP contribution in [-0.4, -0.2) is 29.3 Å². The van der Waals surface area contributed by atoms with Gasteiger partial charge in [0.25, 0.3) is 0 Å². The average Bonchev–Trinajstić information content (AvgIpc) is 2.57. The van der Waals surface area contributed by atoms with Crippen LogP contribution < -0.4 is 0 Å². The standard InChI is InChI=1S/C11H14BrNO4/c1-11(2,3)17-10(15)13-5-7(8(12)6-13)9(14)16-4/h5-6H,1-4H3. The van der Waals surface area contributed by atoms with Crippen molar-refractivity contribution in [1.82, 2.24) is 4.57 Å². The van der Waals surface area contributed by atoms with E-state index in [0.29, 0.717) is 4.47 Å². The lowest BCUT2D eigenvalue weighted by Crippen LogP contribution is -2.26. The SMILES string of the molecule is COC(=O)c1cn(C(=O)OC(C)(C)C)cc1Br. The topological polar surface area (TPSA) is 57.5 Å². The predicted octanol–water partition coefficient (Wildman–Crippen LogP) is 2.82. The highest BCUT2D eigenvalue weighted by molar-refractivity contribution is 9.10. The van der Waals surface area contributed by atoms with Gasteiger partial charge in [-0.25, -0.2) is 9.59 Å². The van der Waals surface area contributed by atoms with Crippen LogP contribution in [0.1, 0.15) is 31.1 Å². The summed E-state index contributed by atoms with van der Waals surface area (Å²) in [5.74, 6) is -0.515. The van der Waals surface area contributed by atoms with Crippen LogP contribution in [0.2, 0.25) is 0 Å². The van der Waals surface area contributed by atoms with Crippen molar-refractivity contribution in [2.24, 2.45) is 0 Å². The van der Waals surface area contributed by atoms with Gasteiger partial charge in [0.1, 0.15) is 5.60 Å². The summed E-state index contributed by atoms with van der Waals surface area (Å²) < 4.78 is 11.4. The van der Waals surface area contributed by atoms with E-state index in [1.165, 1.54) is 24.1 Å². The Bertz CT molecular complexity index is 445. The third-order valence-corrected chi connectivity index (χ3v) is 2.42. The van der Waals surface area contributed by atoms with Gasteiger partial charge in [0.15, 0.2) is 0 Å². The average molecular weight is 304 g/mol. The van der Waals surface area contributed by atoms with Gasteiger partial charge in [0.2, 0.25) is 0 Å². The van der Waals surface area contributed by atoms with E-state index in [1.54, 1.807) is 20.8 Å². The normalized spacial score (nSPS) is 11.1. The van der Waals surface area contributed by atoms with Crippen LogP contribution in [-0.2, 0) is 9.47 Å². The van der Waals surface area contributed by atoms with Crippen LogP contribution in [0.5, 0.6) is 0 Å². The van der Waals surface area contributed by atoms with Crippen LogP contribution in [0.25, 0.3) is 0 Å². The van der Waals surface area contributed by atoms with E-state index in [-0.39, 0.29) is 5.56 Å². The first-order chi connectivity index (χ1) is 7.74. The molecule has 0 aliphatic carbocycles. The molecule has 0 unspecified atom stereocenters. The molecular formula is C11H14BrNO4. The smallest absolute Gasteiger partial charge is 0.418 e. The van der Waals surface area contributed by atoms with Gasteiger partial charge in [0.05, 0.1) is 17.1 Å². The summed E-state index contributed by atoms with van der Waals surface area (Å²) in [6.45, 7) is 5.31. The highest BCUT2D eigenvalue weighted by Crippen LogP contribution is 2.20. The first kappa shape index (κ1) is 13.8. The zero-order chi connectivity index (χ0) is 13.2. The molecule has 0 aliphatic heterocycles. The van der Waals surface area contributed by atoms with Crippen LogP contribution in [0.4, 0.5) is 4.79 Å². The molecule has 1 heterocycles. The lowest BCUT2D eigenvalue weighted by molar-refractivity contribution is 0.0537. The fourth-order valence-electron chi connectivity index (χ4n) is 1.11. The molecule has 0 saturated heterocycles. The molecule has 1 aromatic rings. The number of esters is 1. The highest BCUT2D eigenvalue weighted by atomic mass is 79.9. The second-order valence-electron chi connectivity index (χ2n) is 4.40. The summed E-state index contributed by atoms with van der Waals surface area (Å²) in [6, 6.07) is 0. The second kappa shape index (κ2) is 4.91. The fraction of sp³-hybridized carbons (Fsp3) is 0.455. The summed E-state index contributed by atoms with van der Waals surface area (Å²) >= 11 is 3.18. The number of hydrogen-bond acceptors (Lipinski definition) is 4. The Morgan fingerprint density at radius 1 is 1.29 bits per heavy atom. The molecule has 0 atom stereocenters. The maximum atomic E-state index is 11.7. The van der Waals surface area contributed by atoms with E-state index in [1.807, 2.05) is 0 Å². The molecule has 1 aromatic heterocycles. The quantitative estimate of drug-likeness (QED) is 0.749. The molecule has 6 heteroatoms. The Balaban J connectivity index is 2.94. The molecule has 0 aromatic carbocycles. The number of ether oxygens (including phenoxy) is 2. The number of halogens is 1. The van der Waals surface area contributed by atoms with Gasteiger partial charge in [0, 0.05) is 12.4 Å². The minimum Gasteiger partial charge on any atom is -0.465 e. The number of aromatic nitrogens is 1. The van der Waals surface area contributed by atoms with Gasteiger partial charge in [-0.2, -0.15) is 0 Å². The van der Waals surface area contributed by atoms with E-state index in [9.17, 15) is 9.59 Å². The van der Waals surface area contributed by atoms with Gasteiger partial charge >= 0.3 is 12.1 Å². The lowest BCUT2D eigenvalue weighted by Gasteiger charge is -2.19. The third kappa shape index (κ3) is 3.59. The molecule has 0 fully saturated rings. The molecule has 0 aliphatic rings. The number of hydrogen-bond donors (Lipinski definition) is 0. The van der Waals surface area contributed by atoms with Gasteiger partial charge < -0.3 is 9.47 Å². The monoisotopic (exact) mass is 303 g/mol. The molecule has 0 saturated carbocycles. The van der Waals surface area contributed by atoms with Crippen molar-refractivity contribution in [3.63, 3.8) is 0 Å². The molecule has 17 heavy (non-hydrogen) atoms. The summed E-state index contributed by atoms with van der Waals surface area (Å²) in [6.07, 6.45) is 2.28. The van der Waals surface area contributed by atoms with Crippen molar-refractivity contribution in [2.75, 3.05) is 7.11 Å². The molecule has 0 spiro atoms. The van der Waals surface area contributed by atoms with Gasteiger partial charge in [-0.05, 0) is 36.7 Å². The van der Waals surface area contributed by atoms with Crippen molar-refractivity contribution >= 4 is 28.0 Å². The van der Waals surface area contributed by atoms with Crippen LogP contribution in [0.3, 0.4) is 0 Å². The van der Waals surface area contributed by atoms with Crippen molar-refractivity contribution in [1.29, 1.82) is 0 Å². The van der Waals surface area contributed by atoms with Crippen molar-refractivity contribution in [2.45, 2.75) is 26.4 Å². The van der Waals surface area contributed by atoms with Crippen LogP contribution in [0.15, 0.2) is 16.9 Å². The summed E-state index contributed by atoms with van der Waals surface area (Å²) in [4.78, 5) is 23.0. The lowest BCUT2D eigenvalue weighted by atomic mass is 10.2. The summed E-state index contributed by atoms with van der Waals surface area (Å²) in [7, 11) is 1.28. The Kier molecular flexibility index (Phi) is 3.98. The Morgan fingerprint density at radius 2 is 1.88 bits per heavy atom. The van der Waals surface area contributed by atoms with Gasteiger partial charge in [-0.15, -0.1) is 0 Å². The van der Waals surface area contributed by atoms with Gasteiger partial charge in [-0.1, -0.05) is 0 Å². The van der Waals surface area contributed by atoms with Gasteiger partial charge in [-0.3, -0.25) is 4.57 Å². The first-order valence-corrected chi connectivity index (χ1v) is 5.73. The Labute approximate surface area is 108 Å². The molecule has 94 valence electrons. The number of nitrogens with zero attached hydrogens (tertiary/aromatic N) is 1. The minimum atomic E-state index is -0.584. The van der Waals surface area contributed by atoms with E-state index >= 15 is 0 Å². The molecule has 0 amide bonds. The molecule has 5 nitrogen and oxygen atoms in total. The number of carbonyl (C=O) groups is 2. The van der Waals surface area contributed by atoms with Crippen molar-refractivity contribution in [3.8, 4) is 0 Å². The van der Waals surface area contributed by atoms with E-state index in [2.05, 4.69) is 20.7 Å². The van der Waals surface area contributed by atoms with Crippen molar-refractivity contribution in [3.05, 3.63) is 22.4 Å². The summed E-state index contributed by atoms with van der Waals surface area (Å²) in [5.41, 5.74) is -0.308. The molecule has 0 bridgehead atoms. The highest BCUT2D eigenvalue weighted by Gasteiger charge is 2.21. The second-order valence-corrected chi connectivity index (χ2v) is 5.25. The number of carbonyl (C=O) groups excluding carboxylic acids is 2. The predicted molar refractivity (Wildman–Crippen MR) is 65.1 cm³/mol. The van der Waals surface area contributed by atoms with E-state index < -0.39 is 17.7 Å². The maximum Gasteiger partial charge on any atom is 0.418 e. The Hall–Kier alpha value is -1.30. The van der Waals surface area contributed by atoms with Crippen molar-refractivity contribution < 1.29 is 19.1 Å². The first-order valence-electron chi connectivity index (χ1n) is 4.94. The molecular weight excluding hydrogens is 290 g/mol. The van der Waals surface area contributed by atoms with E-state index in [0.717, 1.165) is 0 Å². The molecule has 0 N–H and O–H groups in total. The Morgan fingerprint density at radius 3 is 2.35 bits per heavy atom. The summed E-state index contributed by atoms with van der Waals surface area (Å²) in [5, 5.41) is 0. The number of rotatable bonds is 1. The largest absolute Gasteiger partial charge is 0.465 e. The third-order valence-electron chi connectivity index (χ3n) is 1.79. The van der Waals surface area contributed by atoms with E-state index in [4.69, 9.17) is 4.74 Å². The minimum absolute atomic E-state index is 0.276. The van der Waals surface area contributed by atoms with Crippen LogP contribution >= 0.6 is 15.9 Å². The zero-order valence-electron chi connectivity index (χ0n) is 10.1.